The first-order valence-corrected chi connectivity index (χ1v) is 6.60. The van der Waals surface area contributed by atoms with E-state index in [9.17, 15) is 0 Å². The van der Waals surface area contributed by atoms with Gasteiger partial charge in [-0.25, -0.2) is 0 Å². The molecular weight excluding hydrogens is 182 g/mol. The van der Waals surface area contributed by atoms with Crippen molar-refractivity contribution in [2.24, 2.45) is 17.6 Å². The Morgan fingerprint density at radius 3 is 2.73 bits per heavy atom. The molecule has 0 aromatic carbocycles. The molecule has 2 N–H and O–H groups in total. The Labute approximate surface area is 95.1 Å². The van der Waals surface area contributed by atoms with Crippen molar-refractivity contribution in [1.29, 1.82) is 0 Å². The molecule has 1 aliphatic carbocycles. The average molecular weight is 209 g/mol. The molecule has 1 nitrogen and oxygen atoms in total. The van der Waals surface area contributed by atoms with Crippen molar-refractivity contribution in [3.8, 4) is 0 Å². The van der Waals surface area contributed by atoms with Crippen molar-refractivity contribution >= 4 is 0 Å². The summed E-state index contributed by atoms with van der Waals surface area (Å²) in [5.74, 6) is 1.74. The van der Waals surface area contributed by atoms with Gasteiger partial charge in [-0.3, -0.25) is 0 Å². The van der Waals surface area contributed by atoms with Gasteiger partial charge in [-0.2, -0.15) is 0 Å². The Kier molecular flexibility index (Phi) is 6.00. The SMILES string of the molecule is C=CCCCCCC(N)C1CCC(C)C1. The van der Waals surface area contributed by atoms with E-state index < -0.39 is 0 Å². The Hall–Kier alpha value is -0.300. The zero-order valence-corrected chi connectivity index (χ0v) is 10.3. The van der Waals surface area contributed by atoms with Crippen LogP contribution in [-0.2, 0) is 0 Å². The van der Waals surface area contributed by atoms with E-state index in [0.717, 1.165) is 18.3 Å². The van der Waals surface area contributed by atoms with Gasteiger partial charge in [0.2, 0.25) is 0 Å². The van der Waals surface area contributed by atoms with Gasteiger partial charge in [0.15, 0.2) is 0 Å². The third-order valence-electron chi connectivity index (χ3n) is 3.79. The number of rotatable bonds is 7. The lowest BCUT2D eigenvalue weighted by Gasteiger charge is -2.18. The van der Waals surface area contributed by atoms with E-state index in [1.54, 1.807) is 0 Å². The van der Waals surface area contributed by atoms with Gasteiger partial charge in [-0.05, 0) is 43.9 Å². The van der Waals surface area contributed by atoms with Gasteiger partial charge < -0.3 is 5.73 Å². The maximum atomic E-state index is 6.24. The number of nitrogens with two attached hydrogens (primary N) is 1. The topological polar surface area (TPSA) is 26.0 Å². The molecule has 1 heteroatoms. The van der Waals surface area contributed by atoms with Crippen LogP contribution in [0.1, 0.15) is 58.3 Å². The Bertz CT molecular complexity index is 176. The molecule has 0 spiro atoms. The molecule has 0 radical (unpaired) electrons. The quantitative estimate of drug-likeness (QED) is 0.499. The van der Waals surface area contributed by atoms with E-state index in [1.807, 2.05) is 6.08 Å². The summed E-state index contributed by atoms with van der Waals surface area (Å²) in [5.41, 5.74) is 6.24. The second-order valence-electron chi connectivity index (χ2n) is 5.27. The first kappa shape index (κ1) is 12.8. The summed E-state index contributed by atoms with van der Waals surface area (Å²) in [4.78, 5) is 0. The predicted octanol–water partition coefficient (Wildman–Crippen LogP) is 3.89. The van der Waals surface area contributed by atoms with Gasteiger partial charge in [-0.15, -0.1) is 6.58 Å². The summed E-state index contributed by atoms with van der Waals surface area (Å²) < 4.78 is 0. The molecule has 1 saturated carbocycles. The van der Waals surface area contributed by atoms with Crippen LogP contribution in [0, 0.1) is 11.8 Å². The number of allylic oxidation sites excluding steroid dienone is 1. The fraction of sp³-hybridized carbons (Fsp3) is 0.857. The largest absolute Gasteiger partial charge is 0.327 e. The van der Waals surface area contributed by atoms with E-state index in [0.29, 0.717) is 6.04 Å². The highest BCUT2D eigenvalue weighted by Crippen LogP contribution is 2.33. The Morgan fingerprint density at radius 2 is 2.13 bits per heavy atom. The van der Waals surface area contributed by atoms with Gasteiger partial charge in [0, 0.05) is 6.04 Å². The molecule has 88 valence electrons. The maximum Gasteiger partial charge on any atom is 0.00672 e. The standard InChI is InChI=1S/C14H27N/c1-3-4-5-6-7-8-14(15)13-10-9-12(2)11-13/h3,12-14H,1,4-11,15H2,2H3. The van der Waals surface area contributed by atoms with Crippen molar-refractivity contribution in [1.82, 2.24) is 0 Å². The van der Waals surface area contributed by atoms with Crippen molar-refractivity contribution < 1.29 is 0 Å². The molecule has 3 atom stereocenters. The van der Waals surface area contributed by atoms with Gasteiger partial charge in [0.05, 0.1) is 0 Å². The second kappa shape index (κ2) is 7.05. The molecule has 15 heavy (non-hydrogen) atoms. The van der Waals surface area contributed by atoms with Crippen molar-refractivity contribution in [2.45, 2.75) is 64.3 Å². The molecule has 1 fully saturated rings. The molecule has 0 amide bonds. The summed E-state index contributed by atoms with van der Waals surface area (Å²) in [6, 6.07) is 0.471. The minimum atomic E-state index is 0.471. The zero-order chi connectivity index (χ0) is 11.1. The van der Waals surface area contributed by atoms with Crippen LogP contribution in [0.4, 0.5) is 0 Å². The van der Waals surface area contributed by atoms with Crippen LogP contribution < -0.4 is 5.73 Å². The van der Waals surface area contributed by atoms with E-state index >= 15 is 0 Å². The first-order valence-electron chi connectivity index (χ1n) is 6.60. The van der Waals surface area contributed by atoms with E-state index in [1.165, 1.54) is 44.9 Å². The van der Waals surface area contributed by atoms with Crippen LogP contribution in [0.3, 0.4) is 0 Å². The van der Waals surface area contributed by atoms with Crippen molar-refractivity contribution in [2.75, 3.05) is 0 Å². The highest BCUT2D eigenvalue weighted by atomic mass is 14.7. The van der Waals surface area contributed by atoms with Crippen LogP contribution in [-0.4, -0.2) is 6.04 Å². The van der Waals surface area contributed by atoms with Crippen LogP contribution in [0.25, 0.3) is 0 Å². The fourth-order valence-corrected chi connectivity index (χ4v) is 2.72. The molecular formula is C14H27N. The summed E-state index contributed by atoms with van der Waals surface area (Å²) in [6.07, 6.45) is 12.5. The predicted molar refractivity (Wildman–Crippen MR) is 67.8 cm³/mol. The average Bonchev–Trinajstić information content (AvgIpc) is 2.64. The number of hydrogen-bond acceptors (Lipinski definition) is 1. The van der Waals surface area contributed by atoms with Gasteiger partial charge in [0.25, 0.3) is 0 Å². The molecule has 1 rings (SSSR count). The molecule has 0 aliphatic heterocycles. The fourth-order valence-electron chi connectivity index (χ4n) is 2.72. The Morgan fingerprint density at radius 1 is 1.33 bits per heavy atom. The second-order valence-corrected chi connectivity index (χ2v) is 5.27. The molecule has 1 aliphatic rings. The minimum absolute atomic E-state index is 0.471. The summed E-state index contributed by atoms with van der Waals surface area (Å²) in [6.45, 7) is 6.10. The van der Waals surface area contributed by atoms with Gasteiger partial charge >= 0.3 is 0 Å². The van der Waals surface area contributed by atoms with E-state index in [2.05, 4.69) is 13.5 Å². The number of unbranched alkanes of at least 4 members (excludes halogenated alkanes) is 3. The third-order valence-corrected chi connectivity index (χ3v) is 3.79. The Balaban J connectivity index is 2.03. The van der Waals surface area contributed by atoms with Crippen molar-refractivity contribution in [3.05, 3.63) is 12.7 Å². The highest BCUT2D eigenvalue weighted by molar-refractivity contribution is 4.81. The molecule has 0 aromatic heterocycles. The molecule has 0 heterocycles. The zero-order valence-electron chi connectivity index (χ0n) is 10.3. The van der Waals surface area contributed by atoms with Gasteiger partial charge in [-0.1, -0.05) is 32.3 Å². The maximum absolute atomic E-state index is 6.24. The van der Waals surface area contributed by atoms with Gasteiger partial charge in [0.1, 0.15) is 0 Å². The normalized spacial score (nSPS) is 27.9. The lowest BCUT2D eigenvalue weighted by molar-refractivity contribution is 0.386. The molecule has 0 aromatic rings. The minimum Gasteiger partial charge on any atom is -0.327 e. The summed E-state index contributed by atoms with van der Waals surface area (Å²) in [7, 11) is 0. The summed E-state index contributed by atoms with van der Waals surface area (Å²) in [5, 5.41) is 0. The van der Waals surface area contributed by atoms with Crippen molar-refractivity contribution in [3.63, 3.8) is 0 Å². The van der Waals surface area contributed by atoms with E-state index in [-0.39, 0.29) is 0 Å². The molecule has 0 saturated heterocycles. The number of hydrogen-bond donors (Lipinski definition) is 1. The van der Waals surface area contributed by atoms with E-state index in [4.69, 9.17) is 5.73 Å². The highest BCUT2D eigenvalue weighted by Gasteiger charge is 2.25. The van der Waals surface area contributed by atoms with Crippen LogP contribution in [0.2, 0.25) is 0 Å². The lowest BCUT2D eigenvalue weighted by Crippen LogP contribution is -2.28. The van der Waals surface area contributed by atoms with Crippen LogP contribution in [0.5, 0.6) is 0 Å². The monoisotopic (exact) mass is 209 g/mol. The third kappa shape index (κ3) is 4.83. The first-order chi connectivity index (χ1) is 7.24. The van der Waals surface area contributed by atoms with Crippen LogP contribution >= 0.6 is 0 Å². The molecule has 0 bridgehead atoms. The molecule has 3 unspecified atom stereocenters. The van der Waals surface area contributed by atoms with Crippen LogP contribution in [0.15, 0.2) is 12.7 Å². The summed E-state index contributed by atoms with van der Waals surface area (Å²) >= 11 is 0. The lowest BCUT2D eigenvalue weighted by atomic mass is 9.93. The smallest absolute Gasteiger partial charge is 0.00672 e.